The van der Waals surface area contributed by atoms with Crippen molar-refractivity contribution in [2.45, 2.75) is 26.2 Å². The van der Waals surface area contributed by atoms with Crippen molar-refractivity contribution in [1.82, 2.24) is 15.5 Å². The Morgan fingerprint density at radius 2 is 1.96 bits per heavy atom. The third-order valence-electron chi connectivity index (χ3n) is 5.48. The Bertz CT molecular complexity index is 580. The van der Waals surface area contributed by atoms with Gasteiger partial charge in [0.2, 0.25) is 0 Å². The van der Waals surface area contributed by atoms with Gasteiger partial charge in [0.15, 0.2) is 0 Å². The second-order valence-corrected chi connectivity index (χ2v) is 7.76. The number of nitrogens with zero attached hydrogens (tertiary/aromatic N) is 2. The summed E-state index contributed by atoms with van der Waals surface area (Å²) >= 11 is 0. The minimum absolute atomic E-state index is 0.0738. The Hall–Kier alpha value is -1.82. The molecule has 1 aromatic carbocycles. The molecule has 2 aliphatic heterocycles. The van der Waals surface area contributed by atoms with Gasteiger partial charge in [-0.2, -0.15) is 0 Å². The van der Waals surface area contributed by atoms with Crippen LogP contribution in [0.3, 0.4) is 0 Å². The zero-order chi connectivity index (χ0) is 18.4. The first-order valence-electron chi connectivity index (χ1n) is 9.84. The van der Waals surface area contributed by atoms with Crippen LogP contribution >= 0.6 is 0 Å². The summed E-state index contributed by atoms with van der Waals surface area (Å²) in [5.41, 5.74) is 1.05. The molecule has 26 heavy (non-hydrogen) atoms. The highest BCUT2D eigenvalue weighted by molar-refractivity contribution is 5.73. The Morgan fingerprint density at radius 3 is 2.73 bits per heavy atom. The lowest BCUT2D eigenvalue weighted by molar-refractivity contribution is 0.183. The number of carbonyl (C=O) groups is 1. The highest BCUT2D eigenvalue weighted by atomic mass is 19.1. The van der Waals surface area contributed by atoms with E-state index in [9.17, 15) is 9.18 Å². The zero-order valence-corrected chi connectivity index (χ0v) is 15.7. The molecule has 0 spiro atoms. The maximum absolute atomic E-state index is 13.0. The van der Waals surface area contributed by atoms with E-state index < -0.39 is 0 Å². The van der Waals surface area contributed by atoms with Crippen LogP contribution in [-0.4, -0.2) is 56.7 Å². The van der Waals surface area contributed by atoms with Gasteiger partial charge in [0.25, 0.3) is 0 Å². The van der Waals surface area contributed by atoms with Crippen LogP contribution in [0.2, 0.25) is 0 Å². The fourth-order valence-corrected chi connectivity index (χ4v) is 4.00. The smallest absolute Gasteiger partial charge is 0.314 e. The molecule has 0 aromatic heterocycles. The van der Waals surface area contributed by atoms with Gasteiger partial charge >= 0.3 is 6.03 Å². The number of amides is 2. The van der Waals surface area contributed by atoms with Gasteiger partial charge in [-0.15, -0.1) is 0 Å². The summed E-state index contributed by atoms with van der Waals surface area (Å²) in [6, 6.07) is 6.56. The summed E-state index contributed by atoms with van der Waals surface area (Å²) in [5, 5.41) is 5.97. The van der Waals surface area contributed by atoms with Gasteiger partial charge in [0, 0.05) is 45.0 Å². The van der Waals surface area contributed by atoms with Crippen LogP contribution in [0.1, 0.15) is 26.2 Å². The summed E-state index contributed by atoms with van der Waals surface area (Å²) in [7, 11) is 0. The summed E-state index contributed by atoms with van der Waals surface area (Å²) in [4.78, 5) is 16.7. The Kier molecular flexibility index (Phi) is 6.72. The van der Waals surface area contributed by atoms with Crippen molar-refractivity contribution in [2.75, 3.05) is 50.7 Å². The molecule has 0 unspecified atom stereocenters. The molecule has 144 valence electrons. The molecular formula is C20H31FN4O. The Morgan fingerprint density at radius 1 is 1.15 bits per heavy atom. The fraction of sp³-hybridized carbons (Fsp3) is 0.650. The Labute approximate surface area is 155 Å². The van der Waals surface area contributed by atoms with Crippen molar-refractivity contribution in [3.05, 3.63) is 30.1 Å². The lowest BCUT2D eigenvalue weighted by Crippen LogP contribution is -2.44. The normalized spacial score (nSPS) is 23.8. The molecule has 1 aromatic rings. The zero-order valence-electron chi connectivity index (χ0n) is 15.7. The number of urea groups is 1. The molecule has 2 fully saturated rings. The number of piperidine rings is 1. The monoisotopic (exact) mass is 362 g/mol. The van der Waals surface area contributed by atoms with Crippen molar-refractivity contribution in [1.29, 1.82) is 0 Å². The molecule has 2 amide bonds. The van der Waals surface area contributed by atoms with Gasteiger partial charge in [-0.05, 0) is 61.9 Å². The number of rotatable bonds is 6. The van der Waals surface area contributed by atoms with Crippen molar-refractivity contribution >= 4 is 11.7 Å². The van der Waals surface area contributed by atoms with Crippen molar-refractivity contribution in [3.63, 3.8) is 0 Å². The Balaban J connectivity index is 1.30. The van der Waals surface area contributed by atoms with Crippen LogP contribution < -0.4 is 15.5 Å². The molecule has 6 heteroatoms. The summed E-state index contributed by atoms with van der Waals surface area (Å²) in [5.74, 6) is 1.000. The maximum atomic E-state index is 13.0. The van der Waals surface area contributed by atoms with Gasteiger partial charge in [0.05, 0.1) is 0 Å². The number of anilines is 1. The fourth-order valence-electron chi connectivity index (χ4n) is 4.00. The van der Waals surface area contributed by atoms with Crippen molar-refractivity contribution in [2.24, 2.45) is 11.8 Å². The number of carbonyl (C=O) groups excluding carboxylic acids is 1. The average molecular weight is 362 g/mol. The predicted octanol–water partition coefficient (Wildman–Crippen LogP) is 2.68. The van der Waals surface area contributed by atoms with Crippen LogP contribution in [0, 0.1) is 17.7 Å². The van der Waals surface area contributed by atoms with E-state index in [1.165, 1.54) is 25.0 Å². The third-order valence-corrected chi connectivity index (χ3v) is 5.48. The number of hydrogen-bond acceptors (Lipinski definition) is 3. The van der Waals surface area contributed by atoms with E-state index in [4.69, 9.17) is 0 Å². The molecule has 2 N–H and O–H groups in total. The number of hydrogen-bond donors (Lipinski definition) is 2. The SMILES string of the molecule is C[C@@H]1CCCN(CCNC(=O)NC[C@@H]2CCN(c3ccc(F)cc3)C2)C1. The molecule has 0 bridgehead atoms. The lowest BCUT2D eigenvalue weighted by atomic mass is 10.0. The van der Waals surface area contributed by atoms with Gasteiger partial charge in [-0.25, -0.2) is 9.18 Å². The van der Waals surface area contributed by atoms with Crippen LogP contribution in [0.5, 0.6) is 0 Å². The number of benzene rings is 1. The van der Waals surface area contributed by atoms with E-state index in [0.29, 0.717) is 19.0 Å². The highest BCUT2D eigenvalue weighted by Gasteiger charge is 2.23. The topological polar surface area (TPSA) is 47.6 Å². The molecule has 2 aliphatic rings. The second kappa shape index (κ2) is 9.21. The van der Waals surface area contributed by atoms with E-state index in [-0.39, 0.29) is 11.8 Å². The molecule has 0 aliphatic carbocycles. The molecule has 2 saturated heterocycles. The molecule has 0 saturated carbocycles. The predicted molar refractivity (Wildman–Crippen MR) is 103 cm³/mol. The second-order valence-electron chi connectivity index (χ2n) is 7.76. The van der Waals surface area contributed by atoms with Crippen LogP contribution in [0.15, 0.2) is 24.3 Å². The van der Waals surface area contributed by atoms with Crippen LogP contribution in [0.25, 0.3) is 0 Å². The molecule has 2 atom stereocenters. The number of likely N-dealkylation sites (tertiary alicyclic amines) is 1. The van der Waals surface area contributed by atoms with Crippen molar-refractivity contribution < 1.29 is 9.18 Å². The average Bonchev–Trinajstić information content (AvgIpc) is 3.10. The van der Waals surface area contributed by atoms with E-state index >= 15 is 0 Å². The first kappa shape index (κ1) is 19.0. The minimum atomic E-state index is -0.207. The minimum Gasteiger partial charge on any atom is -0.371 e. The number of halogens is 1. The molecule has 3 rings (SSSR count). The summed E-state index contributed by atoms with van der Waals surface area (Å²) < 4.78 is 13.0. The largest absolute Gasteiger partial charge is 0.371 e. The van der Waals surface area contributed by atoms with Gasteiger partial charge < -0.3 is 20.4 Å². The first-order chi connectivity index (χ1) is 12.6. The third kappa shape index (κ3) is 5.59. The maximum Gasteiger partial charge on any atom is 0.314 e. The lowest BCUT2D eigenvalue weighted by Gasteiger charge is -2.30. The standard InChI is InChI=1S/C20H31FN4O/c1-16-3-2-10-24(14-16)12-9-22-20(26)23-13-17-8-11-25(15-17)19-6-4-18(21)5-7-19/h4-7,16-17H,2-3,8-15H2,1H3,(H2,22,23,26)/t16-,17+/m1/s1. The molecular weight excluding hydrogens is 331 g/mol. The van der Waals surface area contributed by atoms with Crippen molar-refractivity contribution in [3.8, 4) is 0 Å². The quantitative estimate of drug-likeness (QED) is 0.818. The van der Waals surface area contributed by atoms with Crippen LogP contribution in [0.4, 0.5) is 14.9 Å². The summed E-state index contributed by atoms with van der Waals surface area (Å²) in [6.07, 6.45) is 3.63. The molecule has 0 radical (unpaired) electrons. The van der Waals surface area contributed by atoms with E-state index in [1.54, 1.807) is 0 Å². The van der Waals surface area contributed by atoms with Crippen LogP contribution in [-0.2, 0) is 0 Å². The van der Waals surface area contributed by atoms with E-state index in [2.05, 4.69) is 27.4 Å². The first-order valence-corrected chi connectivity index (χ1v) is 9.84. The van der Waals surface area contributed by atoms with E-state index in [1.807, 2.05) is 12.1 Å². The van der Waals surface area contributed by atoms with Gasteiger partial charge in [0.1, 0.15) is 5.82 Å². The molecule has 5 nitrogen and oxygen atoms in total. The summed E-state index contributed by atoms with van der Waals surface area (Å²) in [6.45, 7) is 8.75. The van der Waals surface area contributed by atoms with Gasteiger partial charge in [-0.3, -0.25) is 0 Å². The van der Waals surface area contributed by atoms with Gasteiger partial charge in [-0.1, -0.05) is 6.92 Å². The van der Waals surface area contributed by atoms with E-state index in [0.717, 1.165) is 50.7 Å². The number of nitrogens with one attached hydrogen (secondary N) is 2. The highest BCUT2D eigenvalue weighted by Crippen LogP contribution is 2.23. The molecule has 2 heterocycles.